The molecule has 0 saturated carbocycles. The van der Waals surface area contributed by atoms with Crippen LogP contribution in [0.1, 0.15) is 38.3 Å². The molecular formula is C23H27NO6. The predicted molar refractivity (Wildman–Crippen MR) is 110 cm³/mol. The van der Waals surface area contributed by atoms with Gasteiger partial charge in [-0.3, -0.25) is 4.79 Å². The number of hydrogen-bond donors (Lipinski definition) is 1. The lowest BCUT2D eigenvalue weighted by molar-refractivity contribution is -0.160. The molecule has 160 valence electrons. The number of amides is 1. The first-order valence-corrected chi connectivity index (χ1v) is 9.62. The lowest BCUT2D eigenvalue weighted by Gasteiger charge is -2.22. The molecule has 7 nitrogen and oxygen atoms in total. The average molecular weight is 413 g/mol. The van der Waals surface area contributed by atoms with Crippen molar-refractivity contribution in [2.24, 2.45) is 0 Å². The fraction of sp³-hybridized carbons (Fsp3) is 0.348. The van der Waals surface area contributed by atoms with Gasteiger partial charge in [0, 0.05) is 0 Å². The van der Waals surface area contributed by atoms with Gasteiger partial charge >= 0.3 is 18.0 Å². The summed E-state index contributed by atoms with van der Waals surface area (Å²) in [5.74, 6) is -1.38. The molecule has 0 saturated heterocycles. The van der Waals surface area contributed by atoms with Gasteiger partial charge in [0.1, 0.15) is 24.9 Å². The smallest absolute Gasteiger partial charge is 0.408 e. The van der Waals surface area contributed by atoms with Crippen molar-refractivity contribution in [3.63, 3.8) is 0 Å². The summed E-state index contributed by atoms with van der Waals surface area (Å²) in [5, 5.41) is 2.40. The monoisotopic (exact) mass is 413 g/mol. The Bertz CT molecular complexity index is 830. The predicted octanol–water partition coefficient (Wildman–Crippen LogP) is 3.76. The SMILES string of the molecule is CC(C)(C)OC(=O)C[C@H](NC(=O)OCc1ccccc1)C(=O)OCc1ccccc1. The molecule has 0 aromatic heterocycles. The Labute approximate surface area is 176 Å². The van der Waals surface area contributed by atoms with E-state index < -0.39 is 29.7 Å². The fourth-order valence-electron chi connectivity index (χ4n) is 2.48. The highest BCUT2D eigenvalue weighted by molar-refractivity contribution is 5.86. The van der Waals surface area contributed by atoms with E-state index in [0.717, 1.165) is 11.1 Å². The maximum atomic E-state index is 12.5. The number of nitrogens with one attached hydrogen (secondary N) is 1. The third kappa shape index (κ3) is 8.77. The van der Waals surface area contributed by atoms with Gasteiger partial charge in [-0.2, -0.15) is 0 Å². The van der Waals surface area contributed by atoms with Crippen molar-refractivity contribution >= 4 is 18.0 Å². The fourth-order valence-corrected chi connectivity index (χ4v) is 2.48. The number of benzene rings is 2. The van der Waals surface area contributed by atoms with E-state index in [1.807, 2.05) is 36.4 Å². The Hall–Kier alpha value is -3.35. The minimum atomic E-state index is -1.23. The Morgan fingerprint density at radius 3 is 1.83 bits per heavy atom. The maximum absolute atomic E-state index is 12.5. The summed E-state index contributed by atoms with van der Waals surface area (Å²) < 4.78 is 15.7. The summed E-state index contributed by atoms with van der Waals surface area (Å²) in [6.45, 7) is 5.20. The van der Waals surface area contributed by atoms with Gasteiger partial charge in [-0.05, 0) is 31.9 Å². The topological polar surface area (TPSA) is 90.9 Å². The van der Waals surface area contributed by atoms with Crippen LogP contribution in [0.5, 0.6) is 0 Å². The molecule has 0 heterocycles. The van der Waals surface area contributed by atoms with Crippen LogP contribution in [0, 0.1) is 0 Å². The van der Waals surface area contributed by atoms with Crippen LogP contribution >= 0.6 is 0 Å². The first kappa shape index (κ1) is 22.9. The molecule has 0 unspecified atom stereocenters. The zero-order valence-electron chi connectivity index (χ0n) is 17.4. The first-order chi connectivity index (χ1) is 14.2. The van der Waals surface area contributed by atoms with Gasteiger partial charge in [-0.25, -0.2) is 9.59 Å². The number of alkyl carbamates (subject to hydrolysis) is 1. The van der Waals surface area contributed by atoms with Gasteiger partial charge in [0.15, 0.2) is 0 Å². The Morgan fingerprint density at radius 2 is 1.33 bits per heavy atom. The van der Waals surface area contributed by atoms with Crippen LogP contribution in [-0.4, -0.2) is 29.7 Å². The molecule has 0 aliphatic rings. The van der Waals surface area contributed by atoms with Crippen LogP contribution in [-0.2, 0) is 37.0 Å². The number of ether oxygens (including phenoxy) is 3. The summed E-state index contributed by atoms with van der Waals surface area (Å²) in [6.07, 6.45) is -1.20. The largest absolute Gasteiger partial charge is 0.460 e. The number of rotatable bonds is 8. The van der Waals surface area contributed by atoms with Crippen molar-refractivity contribution < 1.29 is 28.6 Å². The molecule has 1 atom stereocenters. The van der Waals surface area contributed by atoms with Crippen molar-refractivity contribution in [3.8, 4) is 0 Å². The average Bonchev–Trinajstić information content (AvgIpc) is 2.70. The zero-order valence-corrected chi connectivity index (χ0v) is 17.4. The molecule has 2 aromatic carbocycles. The second-order valence-corrected chi connectivity index (χ2v) is 7.64. The highest BCUT2D eigenvalue weighted by Crippen LogP contribution is 2.11. The van der Waals surface area contributed by atoms with E-state index >= 15 is 0 Å². The molecule has 2 rings (SSSR count). The molecule has 30 heavy (non-hydrogen) atoms. The van der Waals surface area contributed by atoms with E-state index in [0.29, 0.717) is 0 Å². The highest BCUT2D eigenvalue weighted by Gasteiger charge is 2.28. The van der Waals surface area contributed by atoms with E-state index in [2.05, 4.69) is 5.32 Å². The Morgan fingerprint density at radius 1 is 0.833 bits per heavy atom. The molecule has 0 radical (unpaired) electrons. The van der Waals surface area contributed by atoms with Gasteiger partial charge in [-0.1, -0.05) is 60.7 Å². The molecule has 0 aliphatic carbocycles. The van der Waals surface area contributed by atoms with Gasteiger partial charge in [0.05, 0.1) is 6.42 Å². The quantitative estimate of drug-likeness (QED) is 0.523. The Kier molecular flexibility index (Phi) is 8.41. The van der Waals surface area contributed by atoms with E-state index in [1.54, 1.807) is 45.0 Å². The molecule has 0 fully saturated rings. The molecule has 1 amide bonds. The van der Waals surface area contributed by atoms with Gasteiger partial charge in [0.25, 0.3) is 0 Å². The number of carbonyl (C=O) groups is 3. The molecular weight excluding hydrogens is 386 g/mol. The van der Waals surface area contributed by atoms with Crippen LogP contribution in [0.4, 0.5) is 4.79 Å². The van der Waals surface area contributed by atoms with Crippen molar-refractivity contribution in [2.45, 2.75) is 52.0 Å². The van der Waals surface area contributed by atoms with E-state index in [1.165, 1.54) is 0 Å². The summed E-state index contributed by atoms with van der Waals surface area (Å²) in [4.78, 5) is 36.9. The highest BCUT2D eigenvalue weighted by atomic mass is 16.6. The van der Waals surface area contributed by atoms with E-state index in [-0.39, 0.29) is 19.6 Å². The van der Waals surface area contributed by atoms with Crippen LogP contribution in [0.2, 0.25) is 0 Å². The number of hydrogen-bond acceptors (Lipinski definition) is 6. The summed E-state index contributed by atoms with van der Waals surface area (Å²) in [6, 6.07) is 17.0. The van der Waals surface area contributed by atoms with Crippen LogP contribution in [0.25, 0.3) is 0 Å². The first-order valence-electron chi connectivity index (χ1n) is 9.62. The normalized spacial score (nSPS) is 11.8. The van der Waals surface area contributed by atoms with Crippen molar-refractivity contribution in [1.29, 1.82) is 0 Å². The third-order valence-electron chi connectivity index (χ3n) is 3.80. The van der Waals surface area contributed by atoms with Gasteiger partial charge in [0.2, 0.25) is 0 Å². The van der Waals surface area contributed by atoms with Gasteiger partial charge in [-0.15, -0.1) is 0 Å². The maximum Gasteiger partial charge on any atom is 0.408 e. The molecule has 2 aromatic rings. The van der Waals surface area contributed by atoms with Gasteiger partial charge < -0.3 is 19.5 Å². The summed E-state index contributed by atoms with van der Waals surface area (Å²) in [5.41, 5.74) is 0.861. The molecule has 0 bridgehead atoms. The van der Waals surface area contributed by atoms with E-state index in [9.17, 15) is 14.4 Å². The molecule has 0 spiro atoms. The minimum Gasteiger partial charge on any atom is -0.460 e. The minimum absolute atomic E-state index is 0.0191. The summed E-state index contributed by atoms with van der Waals surface area (Å²) in [7, 11) is 0. The zero-order chi connectivity index (χ0) is 22.0. The standard InChI is InChI=1S/C23H27NO6/c1-23(2,3)30-20(25)14-19(21(26)28-15-17-10-6-4-7-11-17)24-22(27)29-16-18-12-8-5-9-13-18/h4-13,19H,14-16H2,1-3H3,(H,24,27)/t19-/m0/s1. The van der Waals surface area contributed by atoms with E-state index in [4.69, 9.17) is 14.2 Å². The third-order valence-corrected chi connectivity index (χ3v) is 3.80. The van der Waals surface area contributed by atoms with Crippen LogP contribution in [0.3, 0.4) is 0 Å². The van der Waals surface area contributed by atoms with Crippen LogP contribution in [0.15, 0.2) is 60.7 Å². The second kappa shape index (κ2) is 11.0. The van der Waals surface area contributed by atoms with Crippen molar-refractivity contribution in [2.75, 3.05) is 0 Å². The number of esters is 2. The lowest BCUT2D eigenvalue weighted by Crippen LogP contribution is -2.44. The molecule has 7 heteroatoms. The lowest BCUT2D eigenvalue weighted by atomic mass is 10.1. The molecule has 0 aliphatic heterocycles. The van der Waals surface area contributed by atoms with Crippen LogP contribution < -0.4 is 5.32 Å². The van der Waals surface area contributed by atoms with Crippen molar-refractivity contribution in [3.05, 3.63) is 71.8 Å². The summed E-state index contributed by atoms with van der Waals surface area (Å²) >= 11 is 0. The number of carbonyl (C=O) groups excluding carboxylic acids is 3. The van der Waals surface area contributed by atoms with Crippen molar-refractivity contribution in [1.82, 2.24) is 5.32 Å². The molecule has 1 N–H and O–H groups in total. The second-order valence-electron chi connectivity index (χ2n) is 7.64. The Balaban J connectivity index is 1.97.